The lowest BCUT2D eigenvalue weighted by molar-refractivity contribution is -0.142. The van der Waals surface area contributed by atoms with E-state index in [0.717, 1.165) is 23.8 Å². The Balaban J connectivity index is 1.26. The minimum atomic E-state index is -4.63. The van der Waals surface area contributed by atoms with Gasteiger partial charge in [-0.05, 0) is 54.5 Å². The highest BCUT2D eigenvalue weighted by molar-refractivity contribution is 5.82. The number of H-pyrrole nitrogens is 1. The SMILES string of the molecule is O=C([C@H](O)c1cccc(C(F)(F)F)c1)N1CCCc2nc(C3(c4cccc(-c5cnn(C(F)F)c5)c4)CC3)[nH]c(=O)c2C1. The predicted molar refractivity (Wildman–Crippen MR) is 144 cm³/mol. The molecule has 2 aliphatic rings. The first-order valence-corrected chi connectivity index (χ1v) is 13.7. The van der Waals surface area contributed by atoms with E-state index in [9.17, 15) is 36.6 Å². The minimum absolute atomic E-state index is 0.149. The zero-order chi connectivity index (χ0) is 30.5. The summed E-state index contributed by atoms with van der Waals surface area (Å²) in [6.45, 7) is -2.72. The molecule has 8 nitrogen and oxygen atoms in total. The normalized spacial score (nSPS) is 17.0. The van der Waals surface area contributed by atoms with E-state index in [1.165, 1.54) is 23.4 Å². The number of aromatic amines is 1. The van der Waals surface area contributed by atoms with E-state index >= 15 is 0 Å². The lowest BCUT2D eigenvalue weighted by Crippen LogP contribution is -2.36. The maximum atomic E-state index is 13.4. The van der Waals surface area contributed by atoms with Gasteiger partial charge in [-0.3, -0.25) is 9.59 Å². The fourth-order valence-corrected chi connectivity index (χ4v) is 5.61. The molecule has 2 aromatic heterocycles. The molecule has 0 bridgehead atoms. The molecule has 2 aromatic carbocycles. The van der Waals surface area contributed by atoms with Crippen LogP contribution in [0, 0.1) is 0 Å². The number of nitrogens with one attached hydrogen (secondary N) is 1. The van der Waals surface area contributed by atoms with E-state index in [4.69, 9.17) is 4.98 Å². The number of hydrogen-bond donors (Lipinski definition) is 2. The van der Waals surface area contributed by atoms with E-state index < -0.39 is 41.3 Å². The molecule has 0 spiro atoms. The van der Waals surface area contributed by atoms with Gasteiger partial charge >= 0.3 is 12.7 Å². The summed E-state index contributed by atoms with van der Waals surface area (Å²) in [5.41, 5.74) is 0.698. The van der Waals surface area contributed by atoms with Gasteiger partial charge in [-0.2, -0.15) is 27.1 Å². The Morgan fingerprint density at radius 1 is 1.07 bits per heavy atom. The van der Waals surface area contributed by atoms with Crippen molar-refractivity contribution in [1.82, 2.24) is 24.6 Å². The predicted octanol–water partition coefficient (Wildman–Crippen LogP) is 5.14. The van der Waals surface area contributed by atoms with Crippen molar-refractivity contribution >= 4 is 5.91 Å². The van der Waals surface area contributed by atoms with Gasteiger partial charge in [0.2, 0.25) is 0 Å². The molecular formula is C30H26F5N5O3. The number of fused-ring (bicyclic) bond motifs is 1. The van der Waals surface area contributed by atoms with Gasteiger partial charge in [-0.25, -0.2) is 9.67 Å². The number of alkyl halides is 5. The third-order valence-electron chi connectivity index (χ3n) is 8.12. The lowest BCUT2D eigenvalue weighted by atomic mass is 9.92. The van der Waals surface area contributed by atoms with E-state index in [1.807, 2.05) is 18.2 Å². The van der Waals surface area contributed by atoms with Crippen LogP contribution >= 0.6 is 0 Å². The maximum Gasteiger partial charge on any atom is 0.416 e. The molecule has 13 heteroatoms. The van der Waals surface area contributed by atoms with Crippen LogP contribution in [0.15, 0.2) is 65.7 Å². The second kappa shape index (κ2) is 10.7. The van der Waals surface area contributed by atoms with Crippen LogP contribution in [0.4, 0.5) is 22.0 Å². The van der Waals surface area contributed by atoms with Crippen LogP contribution in [0.3, 0.4) is 0 Å². The topological polar surface area (TPSA) is 104 Å². The standard InChI is InChI=1S/C30H26F5N5O3/c31-28(32)40-15-19(14-36-40)17-4-1-6-20(12-17)29(9-10-29)27-37-23-8-3-11-39(16-22(23)25(42)38-27)26(43)24(41)18-5-2-7-21(13-18)30(33,34)35/h1-2,4-7,12-15,24,28,41H,3,8-11,16H2,(H,37,38,42)/t24-/m1/s1. The summed E-state index contributed by atoms with van der Waals surface area (Å²) in [6.07, 6.45) is -1.59. The van der Waals surface area contributed by atoms with Crippen molar-refractivity contribution in [2.75, 3.05) is 6.54 Å². The number of nitrogens with zero attached hydrogens (tertiary/aromatic N) is 4. The highest BCUT2D eigenvalue weighted by Crippen LogP contribution is 2.52. The zero-order valence-electron chi connectivity index (χ0n) is 22.6. The van der Waals surface area contributed by atoms with Crippen molar-refractivity contribution in [3.63, 3.8) is 0 Å². The van der Waals surface area contributed by atoms with E-state index in [-0.39, 0.29) is 24.2 Å². The fourth-order valence-electron chi connectivity index (χ4n) is 5.61. The Bertz CT molecular complexity index is 1740. The first-order valence-electron chi connectivity index (χ1n) is 13.7. The number of aromatic nitrogens is 4. The number of aliphatic hydroxyl groups excluding tert-OH is 1. The highest BCUT2D eigenvalue weighted by atomic mass is 19.4. The molecule has 224 valence electrons. The molecule has 3 heterocycles. The smallest absolute Gasteiger partial charge is 0.378 e. The number of halogens is 5. The molecular weight excluding hydrogens is 573 g/mol. The Morgan fingerprint density at radius 2 is 1.84 bits per heavy atom. The third kappa shape index (κ3) is 5.44. The summed E-state index contributed by atoms with van der Waals surface area (Å²) in [5.74, 6) is -0.332. The summed E-state index contributed by atoms with van der Waals surface area (Å²) in [6, 6.07) is 11.3. The number of carbonyl (C=O) groups is 1. The van der Waals surface area contributed by atoms with Crippen LogP contribution in [0.2, 0.25) is 0 Å². The van der Waals surface area contributed by atoms with Crippen LogP contribution < -0.4 is 5.56 Å². The second-order valence-electron chi connectivity index (χ2n) is 10.9. The van der Waals surface area contributed by atoms with Gasteiger partial charge in [0.05, 0.1) is 35.0 Å². The number of carbonyl (C=O) groups excluding carboxylic acids is 1. The molecule has 1 aliphatic carbocycles. The molecule has 1 atom stereocenters. The van der Waals surface area contributed by atoms with Crippen molar-refractivity contribution in [2.45, 2.75) is 56.5 Å². The van der Waals surface area contributed by atoms with E-state index in [2.05, 4.69) is 10.1 Å². The van der Waals surface area contributed by atoms with Gasteiger partial charge in [0, 0.05) is 18.3 Å². The number of aryl methyl sites for hydroxylation is 1. The Hall–Kier alpha value is -4.39. The molecule has 0 radical (unpaired) electrons. The van der Waals surface area contributed by atoms with Gasteiger partial charge in [0.15, 0.2) is 6.10 Å². The number of rotatable bonds is 6. The Kier molecular flexibility index (Phi) is 7.15. The minimum Gasteiger partial charge on any atom is -0.378 e. The maximum absolute atomic E-state index is 13.4. The van der Waals surface area contributed by atoms with E-state index in [0.29, 0.717) is 53.0 Å². The first-order chi connectivity index (χ1) is 20.5. The monoisotopic (exact) mass is 599 g/mol. The molecule has 1 aliphatic heterocycles. The van der Waals surface area contributed by atoms with Crippen LogP contribution in [-0.4, -0.2) is 42.2 Å². The number of benzene rings is 2. The van der Waals surface area contributed by atoms with Crippen molar-refractivity contribution in [1.29, 1.82) is 0 Å². The quantitative estimate of drug-likeness (QED) is 0.299. The fraction of sp³-hybridized carbons (Fsp3) is 0.333. The molecule has 1 fully saturated rings. The Labute approximate surface area is 241 Å². The molecule has 0 unspecified atom stereocenters. The summed E-state index contributed by atoms with van der Waals surface area (Å²) in [5, 5.41) is 14.4. The first kappa shape index (κ1) is 28.7. The van der Waals surface area contributed by atoms with Crippen LogP contribution in [-0.2, 0) is 29.4 Å². The molecule has 2 N–H and O–H groups in total. The third-order valence-corrected chi connectivity index (χ3v) is 8.12. The number of amides is 1. The van der Waals surface area contributed by atoms with Crippen molar-refractivity contribution in [2.24, 2.45) is 0 Å². The van der Waals surface area contributed by atoms with E-state index in [1.54, 1.807) is 6.07 Å². The average Bonchev–Trinajstić information content (AvgIpc) is 3.70. The van der Waals surface area contributed by atoms with Crippen LogP contribution in [0.1, 0.15) is 65.7 Å². The van der Waals surface area contributed by atoms with Crippen molar-refractivity contribution in [3.05, 3.63) is 105 Å². The zero-order valence-corrected chi connectivity index (χ0v) is 22.6. The summed E-state index contributed by atoms with van der Waals surface area (Å²) < 4.78 is 66.1. The van der Waals surface area contributed by atoms with Crippen molar-refractivity contribution in [3.8, 4) is 11.1 Å². The van der Waals surface area contributed by atoms with Gasteiger partial charge in [0.1, 0.15) is 5.82 Å². The summed E-state index contributed by atoms with van der Waals surface area (Å²) >= 11 is 0. The Morgan fingerprint density at radius 3 is 2.53 bits per heavy atom. The molecule has 0 saturated heterocycles. The summed E-state index contributed by atoms with van der Waals surface area (Å²) in [7, 11) is 0. The number of hydrogen-bond acceptors (Lipinski definition) is 5. The molecule has 1 saturated carbocycles. The molecule has 6 rings (SSSR count). The highest BCUT2D eigenvalue weighted by Gasteiger charge is 2.49. The average molecular weight is 600 g/mol. The van der Waals surface area contributed by atoms with Gasteiger partial charge in [-0.1, -0.05) is 36.4 Å². The van der Waals surface area contributed by atoms with Gasteiger partial charge in [-0.15, -0.1) is 0 Å². The van der Waals surface area contributed by atoms with Crippen LogP contribution in [0.25, 0.3) is 11.1 Å². The molecule has 1 amide bonds. The largest absolute Gasteiger partial charge is 0.416 e. The second-order valence-corrected chi connectivity index (χ2v) is 10.9. The number of aliphatic hydroxyl groups is 1. The summed E-state index contributed by atoms with van der Waals surface area (Å²) in [4.78, 5) is 35.5. The van der Waals surface area contributed by atoms with Gasteiger partial charge < -0.3 is 15.0 Å². The lowest BCUT2D eigenvalue weighted by Gasteiger charge is -2.24. The van der Waals surface area contributed by atoms with Crippen molar-refractivity contribution < 1.29 is 31.9 Å². The molecule has 4 aromatic rings. The molecule has 43 heavy (non-hydrogen) atoms. The van der Waals surface area contributed by atoms with Gasteiger partial charge in [0.25, 0.3) is 11.5 Å². The van der Waals surface area contributed by atoms with Crippen LogP contribution in [0.5, 0.6) is 0 Å².